The van der Waals surface area contributed by atoms with Gasteiger partial charge in [0.25, 0.3) is 0 Å². The number of ether oxygens (including phenoxy) is 1. The molecule has 1 fully saturated rings. The summed E-state index contributed by atoms with van der Waals surface area (Å²) in [5.41, 5.74) is 1.73. The molecule has 0 aromatic heterocycles. The highest BCUT2D eigenvalue weighted by atomic mass is 35.5. The summed E-state index contributed by atoms with van der Waals surface area (Å²) in [7, 11) is 0. The molecule has 1 heterocycles. The monoisotopic (exact) mass is 380 g/mol. The Hall–Kier alpha value is -1.75. The van der Waals surface area contributed by atoms with Crippen LogP contribution in [0.1, 0.15) is 12.5 Å². The number of halogens is 2. The van der Waals surface area contributed by atoms with Crippen LogP contribution in [0.15, 0.2) is 48.5 Å². The molecule has 0 radical (unpaired) electrons. The van der Waals surface area contributed by atoms with Crippen molar-refractivity contribution in [3.8, 4) is 5.75 Å². The van der Waals surface area contributed by atoms with Gasteiger partial charge in [0, 0.05) is 22.2 Å². The van der Waals surface area contributed by atoms with Crippen LogP contribution in [0, 0.1) is 11.8 Å². The minimum absolute atomic E-state index is 0. The van der Waals surface area contributed by atoms with Crippen LogP contribution in [0.3, 0.4) is 0 Å². The van der Waals surface area contributed by atoms with Crippen LogP contribution in [0.5, 0.6) is 5.75 Å². The number of nitrogens with one attached hydrogen (secondary N) is 2. The summed E-state index contributed by atoms with van der Waals surface area (Å²) in [5.74, 6) is 1.25. The lowest BCUT2D eigenvalue weighted by molar-refractivity contribution is -0.121. The van der Waals surface area contributed by atoms with Crippen LogP contribution in [0.4, 0.5) is 5.69 Å². The molecule has 1 aliphatic rings. The van der Waals surface area contributed by atoms with Gasteiger partial charge in [-0.3, -0.25) is 4.79 Å². The molecule has 2 aromatic rings. The van der Waals surface area contributed by atoms with Gasteiger partial charge in [0.05, 0.1) is 0 Å². The van der Waals surface area contributed by atoms with Gasteiger partial charge in [-0.25, -0.2) is 0 Å². The van der Waals surface area contributed by atoms with E-state index in [9.17, 15) is 4.79 Å². The highest BCUT2D eigenvalue weighted by Gasteiger charge is 2.28. The second-order valence-corrected chi connectivity index (χ2v) is 6.51. The maximum Gasteiger partial charge on any atom is 0.227 e. The van der Waals surface area contributed by atoms with Gasteiger partial charge in [-0.2, -0.15) is 0 Å². The van der Waals surface area contributed by atoms with Gasteiger partial charge in [0.2, 0.25) is 5.91 Å². The average molecular weight is 381 g/mol. The summed E-state index contributed by atoms with van der Waals surface area (Å²) in [6.45, 7) is 4.23. The van der Waals surface area contributed by atoms with Crippen LogP contribution in [0.2, 0.25) is 5.02 Å². The predicted octanol–water partition coefficient (Wildman–Crippen LogP) is 4.13. The van der Waals surface area contributed by atoms with E-state index >= 15 is 0 Å². The molecular formula is C19H22Cl2N2O2. The third kappa shape index (κ3) is 5.11. The zero-order chi connectivity index (χ0) is 16.9. The number of carbonyl (C=O) groups excluding carboxylic acids is 1. The van der Waals surface area contributed by atoms with Crippen molar-refractivity contribution in [2.75, 3.05) is 18.4 Å². The van der Waals surface area contributed by atoms with Gasteiger partial charge in [-0.05, 0) is 49.3 Å². The van der Waals surface area contributed by atoms with Gasteiger partial charge in [-0.1, -0.05) is 36.7 Å². The first-order valence-electron chi connectivity index (χ1n) is 8.11. The predicted molar refractivity (Wildman–Crippen MR) is 104 cm³/mol. The molecule has 0 bridgehead atoms. The molecule has 1 saturated heterocycles. The summed E-state index contributed by atoms with van der Waals surface area (Å²) in [6, 6.07) is 15.0. The molecule has 2 aromatic carbocycles. The number of amides is 1. The molecule has 3 rings (SSSR count). The third-order valence-corrected chi connectivity index (χ3v) is 4.78. The van der Waals surface area contributed by atoms with E-state index in [-0.39, 0.29) is 24.2 Å². The van der Waals surface area contributed by atoms with Crippen molar-refractivity contribution in [2.45, 2.75) is 13.5 Å². The Balaban J connectivity index is 0.00000225. The SMILES string of the molecule is CC(C(=O)Nc1ccc(OCc2ccccc2Cl)cc1)C1CNC1.Cl. The van der Waals surface area contributed by atoms with E-state index in [4.69, 9.17) is 16.3 Å². The van der Waals surface area contributed by atoms with E-state index in [2.05, 4.69) is 10.6 Å². The Morgan fingerprint density at radius 2 is 1.92 bits per heavy atom. The van der Waals surface area contributed by atoms with E-state index in [1.165, 1.54) is 0 Å². The summed E-state index contributed by atoms with van der Waals surface area (Å²) in [4.78, 5) is 12.2. The van der Waals surface area contributed by atoms with Crippen molar-refractivity contribution in [3.05, 3.63) is 59.1 Å². The first-order valence-corrected chi connectivity index (χ1v) is 8.49. The van der Waals surface area contributed by atoms with Crippen molar-refractivity contribution in [1.29, 1.82) is 0 Å². The summed E-state index contributed by atoms with van der Waals surface area (Å²) < 4.78 is 5.74. The summed E-state index contributed by atoms with van der Waals surface area (Å²) in [5, 5.41) is 6.85. The fourth-order valence-electron chi connectivity index (χ4n) is 2.55. The van der Waals surface area contributed by atoms with Gasteiger partial charge < -0.3 is 15.4 Å². The molecule has 1 unspecified atom stereocenters. The van der Waals surface area contributed by atoms with E-state index in [1.54, 1.807) is 0 Å². The standard InChI is InChI=1S/C19H21ClN2O2.ClH/c1-13(15-10-21-11-15)19(23)22-16-6-8-17(9-7-16)24-12-14-4-2-3-5-18(14)20;/h2-9,13,15,21H,10-12H2,1H3,(H,22,23);1H. The molecule has 2 N–H and O–H groups in total. The van der Waals surface area contributed by atoms with Crippen molar-refractivity contribution < 1.29 is 9.53 Å². The molecule has 0 aliphatic carbocycles. The summed E-state index contributed by atoms with van der Waals surface area (Å²) >= 11 is 6.11. The Morgan fingerprint density at radius 1 is 1.24 bits per heavy atom. The largest absolute Gasteiger partial charge is 0.489 e. The van der Waals surface area contributed by atoms with Gasteiger partial charge >= 0.3 is 0 Å². The molecule has 25 heavy (non-hydrogen) atoms. The molecule has 134 valence electrons. The fraction of sp³-hybridized carbons (Fsp3) is 0.316. The van der Waals surface area contributed by atoms with E-state index in [0.29, 0.717) is 17.5 Å². The number of hydrogen-bond donors (Lipinski definition) is 2. The second kappa shape index (κ2) is 9.09. The van der Waals surface area contributed by atoms with Crippen molar-refractivity contribution in [1.82, 2.24) is 5.32 Å². The highest BCUT2D eigenvalue weighted by molar-refractivity contribution is 6.31. The minimum atomic E-state index is 0. The molecule has 0 spiro atoms. The van der Waals surface area contributed by atoms with E-state index < -0.39 is 0 Å². The van der Waals surface area contributed by atoms with Crippen LogP contribution in [-0.4, -0.2) is 19.0 Å². The van der Waals surface area contributed by atoms with E-state index in [1.807, 2.05) is 55.5 Å². The van der Waals surface area contributed by atoms with Crippen LogP contribution < -0.4 is 15.4 Å². The normalized spacial score (nSPS) is 14.8. The number of carbonyl (C=O) groups is 1. The Labute approximate surface area is 159 Å². The number of hydrogen-bond acceptors (Lipinski definition) is 3. The molecule has 1 amide bonds. The van der Waals surface area contributed by atoms with Crippen molar-refractivity contribution in [2.24, 2.45) is 11.8 Å². The van der Waals surface area contributed by atoms with Gasteiger partial charge in [0.15, 0.2) is 0 Å². The molecule has 1 atom stereocenters. The quantitative estimate of drug-likeness (QED) is 0.791. The number of anilines is 1. The lowest BCUT2D eigenvalue weighted by Gasteiger charge is -2.31. The molecule has 6 heteroatoms. The van der Waals surface area contributed by atoms with Crippen molar-refractivity contribution in [3.63, 3.8) is 0 Å². The Morgan fingerprint density at radius 3 is 2.52 bits per heavy atom. The molecular weight excluding hydrogens is 359 g/mol. The summed E-state index contributed by atoms with van der Waals surface area (Å²) in [6.07, 6.45) is 0. The van der Waals surface area contributed by atoms with Gasteiger partial charge in [0.1, 0.15) is 12.4 Å². The lowest BCUT2D eigenvalue weighted by atomic mass is 9.88. The first-order chi connectivity index (χ1) is 11.6. The van der Waals surface area contributed by atoms with Crippen LogP contribution in [-0.2, 0) is 11.4 Å². The van der Waals surface area contributed by atoms with Crippen molar-refractivity contribution >= 4 is 35.6 Å². The lowest BCUT2D eigenvalue weighted by Crippen LogP contribution is -2.48. The topological polar surface area (TPSA) is 50.4 Å². The molecule has 0 saturated carbocycles. The average Bonchev–Trinajstić information content (AvgIpc) is 2.54. The number of benzene rings is 2. The first kappa shape index (κ1) is 19.6. The zero-order valence-electron chi connectivity index (χ0n) is 14.0. The Bertz CT molecular complexity index is 703. The molecule has 1 aliphatic heterocycles. The Kier molecular flexibility index (Phi) is 7.12. The maximum atomic E-state index is 12.2. The van der Waals surface area contributed by atoms with E-state index in [0.717, 1.165) is 30.1 Å². The third-order valence-electron chi connectivity index (χ3n) is 4.41. The highest BCUT2D eigenvalue weighted by Crippen LogP contribution is 2.22. The fourth-order valence-corrected chi connectivity index (χ4v) is 2.74. The second-order valence-electron chi connectivity index (χ2n) is 6.10. The van der Waals surface area contributed by atoms with Crippen LogP contribution in [0.25, 0.3) is 0 Å². The number of rotatable bonds is 6. The maximum absolute atomic E-state index is 12.2. The minimum Gasteiger partial charge on any atom is -0.489 e. The zero-order valence-corrected chi connectivity index (χ0v) is 15.6. The molecule has 4 nitrogen and oxygen atoms in total. The van der Waals surface area contributed by atoms with Crippen LogP contribution >= 0.6 is 24.0 Å². The van der Waals surface area contributed by atoms with Gasteiger partial charge in [-0.15, -0.1) is 12.4 Å². The smallest absolute Gasteiger partial charge is 0.227 e.